The summed E-state index contributed by atoms with van der Waals surface area (Å²) < 4.78 is 0. The number of benzene rings is 2. The standard InChI is InChI=1S/C20H21ClN2O2/c1-2-14-7-4-6-10-18(14)22-20(25)16-11-19(24)23(13-16)12-15-8-3-5-9-17(15)21/h3-10,16H,2,11-13H2,1H3,(H,22,25)/t16-/m0/s1. The fourth-order valence-electron chi connectivity index (χ4n) is 3.12. The van der Waals surface area contributed by atoms with Gasteiger partial charge in [0.25, 0.3) is 0 Å². The summed E-state index contributed by atoms with van der Waals surface area (Å²) in [7, 11) is 0. The summed E-state index contributed by atoms with van der Waals surface area (Å²) in [5.74, 6) is -0.445. The molecule has 1 fully saturated rings. The second kappa shape index (κ2) is 7.70. The first-order chi connectivity index (χ1) is 12.1. The van der Waals surface area contributed by atoms with Gasteiger partial charge in [-0.15, -0.1) is 0 Å². The molecule has 1 aliphatic rings. The topological polar surface area (TPSA) is 49.4 Å². The third-order valence-electron chi connectivity index (χ3n) is 4.56. The second-order valence-electron chi connectivity index (χ2n) is 6.27. The molecule has 0 aromatic heterocycles. The van der Waals surface area contributed by atoms with E-state index in [1.165, 1.54) is 0 Å². The molecule has 1 atom stereocenters. The number of likely N-dealkylation sites (tertiary alicyclic amines) is 1. The van der Waals surface area contributed by atoms with E-state index < -0.39 is 0 Å². The molecular formula is C20H21ClN2O2. The lowest BCUT2D eigenvalue weighted by Gasteiger charge is -2.18. The van der Waals surface area contributed by atoms with E-state index in [-0.39, 0.29) is 24.2 Å². The molecule has 1 N–H and O–H groups in total. The average Bonchev–Trinajstić information content (AvgIpc) is 2.98. The Hall–Kier alpha value is -2.33. The van der Waals surface area contributed by atoms with Crippen LogP contribution in [0.15, 0.2) is 48.5 Å². The molecule has 25 heavy (non-hydrogen) atoms. The summed E-state index contributed by atoms with van der Waals surface area (Å²) in [6.07, 6.45) is 1.09. The Kier molecular flexibility index (Phi) is 5.39. The Labute approximate surface area is 152 Å². The zero-order valence-corrected chi connectivity index (χ0v) is 14.9. The van der Waals surface area contributed by atoms with Crippen molar-refractivity contribution in [1.82, 2.24) is 4.90 Å². The highest BCUT2D eigenvalue weighted by Gasteiger charge is 2.34. The first-order valence-corrected chi connectivity index (χ1v) is 8.86. The van der Waals surface area contributed by atoms with E-state index in [9.17, 15) is 9.59 Å². The number of nitrogens with zero attached hydrogens (tertiary/aromatic N) is 1. The minimum atomic E-state index is -0.333. The smallest absolute Gasteiger partial charge is 0.229 e. The van der Waals surface area contributed by atoms with Gasteiger partial charge in [0.15, 0.2) is 0 Å². The lowest BCUT2D eigenvalue weighted by atomic mass is 10.1. The molecule has 1 heterocycles. The van der Waals surface area contributed by atoms with Crippen molar-refractivity contribution in [1.29, 1.82) is 0 Å². The fraction of sp³-hybridized carbons (Fsp3) is 0.300. The summed E-state index contributed by atoms with van der Waals surface area (Å²) in [6.45, 7) is 2.91. The Morgan fingerprint density at radius 3 is 2.56 bits per heavy atom. The molecule has 0 unspecified atom stereocenters. The van der Waals surface area contributed by atoms with E-state index in [0.717, 1.165) is 23.2 Å². The van der Waals surface area contributed by atoms with Gasteiger partial charge in [0, 0.05) is 30.2 Å². The van der Waals surface area contributed by atoms with E-state index in [4.69, 9.17) is 11.6 Å². The van der Waals surface area contributed by atoms with Crippen LogP contribution in [0.2, 0.25) is 5.02 Å². The first-order valence-electron chi connectivity index (χ1n) is 8.48. The van der Waals surface area contributed by atoms with Crippen molar-refractivity contribution in [3.05, 3.63) is 64.7 Å². The van der Waals surface area contributed by atoms with Gasteiger partial charge in [-0.1, -0.05) is 54.9 Å². The quantitative estimate of drug-likeness (QED) is 0.883. The maximum Gasteiger partial charge on any atom is 0.229 e. The predicted molar refractivity (Wildman–Crippen MR) is 99.4 cm³/mol. The van der Waals surface area contributed by atoms with E-state index in [1.807, 2.05) is 48.5 Å². The van der Waals surface area contributed by atoms with Gasteiger partial charge < -0.3 is 10.2 Å². The van der Waals surface area contributed by atoms with Crippen molar-refractivity contribution in [3.8, 4) is 0 Å². The average molecular weight is 357 g/mol. The Bertz CT molecular complexity index is 791. The number of halogens is 1. The molecular weight excluding hydrogens is 336 g/mol. The largest absolute Gasteiger partial charge is 0.337 e. The van der Waals surface area contributed by atoms with Crippen molar-refractivity contribution >= 4 is 29.1 Å². The van der Waals surface area contributed by atoms with Crippen LogP contribution in [-0.4, -0.2) is 23.3 Å². The van der Waals surface area contributed by atoms with Crippen molar-refractivity contribution in [2.75, 3.05) is 11.9 Å². The highest BCUT2D eigenvalue weighted by Crippen LogP contribution is 2.25. The lowest BCUT2D eigenvalue weighted by molar-refractivity contribution is -0.128. The van der Waals surface area contributed by atoms with Crippen LogP contribution in [0.5, 0.6) is 0 Å². The number of aryl methyl sites for hydroxylation is 1. The van der Waals surface area contributed by atoms with Gasteiger partial charge in [-0.2, -0.15) is 0 Å². The van der Waals surface area contributed by atoms with Gasteiger partial charge in [0.05, 0.1) is 5.92 Å². The van der Waals surface area contributed by atoms with Crippen LogP contribution < -0.4 is 5.32 Å². The molecule has 3 rings (SSSR count). The minimum Gasteiger partial charge on any atom is -0.337 e. The molecule has 4 nitrogen and oxygen atoms in total. The van der Waals surface area contributed by atoms with Crippen LogP contribution in [0.25, 0.3) is 0 Å². The van der Waals surface area contributed by atoms with Crippen LogP contribution in [-0.2, 0) is 22.6 Å². The molecule has 2 aromatic carbocycles. The third-order valence-corrected chi connectivity index (χ3v) is 4.93. The van der Waals surface area contributed by atoms with Gasteiger partial charge in [-0.05, 0) is 29.7 Å². The van der Waals surface area contributed by atoms with Crippen molar-refractivity contribution < 1.29 is 9.59 Å². The molecule has 0 spiro atoms. The number of carbonyl (C=O) groups excluding carboxylic acids is 2. The van der Waals surface area contributed by atoms with Crippen LogP contribution >= 0.6 is 11.6 Å². The molecule has 0 radical (unpaired) electrons. The summed E-state index contributed by atoms with van der Waals surface area (Å²) in [5.41, 5.74) is 2.81. The lowest BCUT2D eigenvalue weighted by Crippen LogP contribution is -2.28. The number of rotatable bonds is 5. The number of carbonyl (C=O) groups is 2. The Morgan fingerprint density at radius 1 is 1.16 bits per heavy atom. The monoisotopic (exact) mass is 356 g/mol. The van der Waals surface area contributed by atoms with Crippen LogP contribution in [0, 0.1) is 5.92 Å². The number of hydrogen-bond donors (Lipinski definition) is 1. The maximum absolute atomic E-state index is 12.6. The highest BCUT2D eigenvalue weighted by molar-refractivity contribution is 6.31. The Balaban J connectivity index is 1.65. The number of anilines is 1. The zero-order chi connectivity index (χ0) is 17.8. The maximum atomic E-state index is 12.6. The highest BCUT2D eigenvalue weighted by atomic mass is 35.5. The SMILES string of the molecule is CCc1ccccc1NC(=O)[C@H]1CC(=O)N(Cc2ccccc2Cl)C1. The third kappa shape index (κ3) is 4.02. The first kappa shape index (κ1) is 17.5. The van der Waals surface area contributed by atoms with Crippen molar-refractivity contribution in [2.45, 2.75) is 26.3 Å². The van der Waals surface area contributed by atoms with Gasteiger partial charge in [0.1, 0.15) is 0 Å². The molecule has 1 saturated heterocycles. The number of nitrogens with one attached hydrogen (secondary N) is 1. The molecule has 0 bridgehead atoms. The fourth-order valence-corrected chi connectivity index (χ4v) is 3.31. The van der Waals surface area contributed by atoms with Gasteiger partial charge in [-0.25, -0.2) is 0 Å². The molecule has 0 saturated carbocycles. The molecule has 1 aliphatic heterocycles. The summed E-state index contributed by atoms with van der Waals surface area (Å²) >= 11 is 6.17. The zero-order valence-electron chi connectivity index (χ0n) is 14.2. The van der Waals surface area contributed by atoms with Crippen LogP contribution in [0.1, 0.15) is 24.5 Å². The minimum absolute atomic E-state index is 0.0103. The normalized spacial score (nSPS) is 17.0. The number of para-hydroxylation sites is 1. The van der Waals surface area contributed by atoms with Crippen molar-refractivity contribution in [2.24, 2.45) is 5.92 Å². The molecule has 5 heteroatoms. The van der Waals surface area contributed by atoms with E-state index in [1.54, 1.807) is 4.90 Å². The van der Waals surface area contributed by atoms with Crippen LogP contribution in [0.3, 0.4) is 0 Å². The molecule has 2 aromatic rings. The van der Waals surface area contributed by atoms with Gasteiger partial charge in [0.2, 0.25) is 11.8 Å². The Morgan fingerprint density at radius 2 is 1.84 bits per heavy atom. The van der Waals surface area contributed by atoms with Gasteiger partial charge >= 0.3 is 0 Å². The van der Waals surface area contributed by atoms with Gasteiger partial charge in [-0.3, -0.25) is 9.59 Å². The summed E-state index contributed by atoms with van der Waals surface area (Å²) in [4.78, 5) is 26.6. The molecule has 0 aliphatic carbocycles. The summed E-state index contributed by atoms with van der Waals surface area (Å²) in [5, 5.41) is 3.61. The van der Waals surface area contributed by atoms with Crippen LogP contribution in [0.4, 0.5) is 5.69 Å². The number of amides is 2. The van der Waals surface area contributed by atoms with Crippen molar-refractivity contribution in [3.63, 3.8) is 0 Å². The molecule has 130 valence electrons. The van der Waals surface area contributed by atoms with E-state index in [0.29, 0.717) is 18.1 Å². The summed E-state index contributed by atoms with van der Waals surface area (Å²) in [6, 6.07) is 15.2. The molecule has 2 amide bonds. The van der Waals surface area contributed by atoms with E-state index in [2.05, 4.69) is 12.2 Å². The predicted octanol–water partition coefficient (Wildman–Crippen LogP) is 3.89. The number of hydrogen-bond acceptors (Lipinski definition) is 2. The second-order valence-corrected chi connectivity index (χ2v) is 6.67. The van der Waals surface area contributed by atoms with E-state index >= 15 is 0 Å².